The van der Waals surface area contributed by atoms with Gasteiger partial charge in [-0.2, -0.15) is 4.98 Å². The second kappa shape index (κ2) is 5.76. The fraction of sp³-hybridized carbons (Fsp3) is 0.556. The highest BCUT2D eigenvalue weighted by Gasteiger charge is 2.43. The Hall–Kier alpha value is -1.00. The molecule has 102 valence electrons. The molecule has 18 heavy (non-hydrogen) atoms. The van der Waals surface area contributed by atoms with Crippen LogP contribution in [0.15, 0.2) is 17.1 Å². The van der Waals surface area contributed by atoms with E-state index in [1.807, 2.05) is 0 Å². The Bertz CT molecular complexity index is 468. The molecule has 9 heteroatoms. The van der Waals surface area contributed by atoms with Crippen LogP contribution in [0.1, 0.15) is 6.23 Å². The van der Waals surface area contributed by atoms with Gasteiger partial charge in [-0.3, -0.25) is 4.57 Å². The van der Waals surface area contributed by atoms with Gasteiger partial charge in [0.05, 0.1) is 6.61 Å². The van der Waals surface area contributed by atoms with Gasteiger partial charge in [0.1, 0.15) is 24.1 Å². The van der Waals surface area contributed by atoms with E-state index in [0.717, 1.165) is 4.57 Å². The Morgan fingerprint density at radius 1 is 1.44 bits per heavy atom. The highest BCUT2D eigenvalue weighted by atomic mass is 79.9. The Morgan fingerprint density at radius 3 is 2.61 bits per heavy atom. The van der Waals surface area contributed by atoms with Crippen molar-refractivity contribution in [3.8, 4) is 0 Å². The van der Waals surface area contributed by atoms with Crippen molar-refractivity contribution < 1.29 is 20.1 Å². The first-order chi connectivity index (χ1) is 8.04. The molecule has 5 N–H and O–H groups in total. The molecule has 1 aliphatic heterocycles. The Morgan fingerprint density at radius 2 is 2.11 bits per heavy atom. The van der Waals surface area contributed by atoms with Gasteiger partial charge in [-0.25, -0.2) is 4.79 Å². The number of aliphatic hydroxyl groups is 3. The average Bonchev–Trinajstić information content (AvgIpc) is 2.57. The molecule has 1 saturated heterocycles. The van der Waals surface area contributed by atoms with Crippen LogP contribution in [0.3, 0.4) is 0 Å². The summed E-state index contributed by atoms with van der Waals surface area (Å²) in [5.74, 6) is 0.0537. The normalized spacial score (nSPS) is 31.1. The molecule has 0 amide bonds. The van der Waals surface area contributed by atoms with Crippen LogP contribution in [-0.4, -0.2) is 49.8 Å². The lowest BCUT2D eigenvalue weighted by Crippen LogP contribution is -2.36. The summed E-state index contributed by atoms with van der Waals surface area (Å²) in [4.78, 5) is 15.0. The molecule has 1 fully saturated rings. The lowest BCUT2D eigenvalue weighted by molar-refractivity contribution is -0.0549. The van der Waals surface area contributed by atoms with Gasteiger partial charge in [-0.15, -0.1) is 17.0 Å². The molecular formula is C9H14BrN3O5. The fourth-order valence-electron chi connectivity index (χ4n) is 1.73. The molecule has 0 bridgehead atoms. The first-order valence-corrected chi connectivity index (χ1v) is 5.01. The number of halogens is 1. The summed E-state index contributed by atoms with van der Waals surface area (Å²) < 4.78 is 6.19. The van der Waals surface area contributed by atoms with E-state index in [9.17, 15) is 15.0 Å². The molecule has 0 aromatic carbocycles. The number of rotatable bonds is 2. The molecule has 1 aromatic heterocycles. The zero-order valence-corrected chi connectivity index (χ0v) is 10.9. The number of nitrogen functional groups attached to an aromatic ring is 1. The Balaban J connectivity index is 0.00000162. The fourth-order valence-corrected chi connectivity index (χ4v) is 1.73. The maximum atomic E-state index is 11.5. The van der Waals surface area contributed by atoms with Crippen molar-refractivity contribution in [2.24, 2.45) is 0 Å². The maximum Gasteiger partial charge on any atom is 0.351 e. The maximum absolute atomic E-state index is 11.5. The summed E-state index contributed by atoms with van der Waals surface area (Å²) >= 11 is 0. The minimum absolute atomic E-state index is 0. The lowest BCUT2D eigenvalue weighted by Gasteiger charge is -2.16. The van der Waals surface area contributed by atoms with Crippen molar-refractivity contribution in [1.29, 1.82) is 0 Å². The SMILES string of the molecule is Br.Nc1ccn([C@@H]2O[C@H](CO)[C@@H](O)[C@H]2O)c(=O)n1. The average molecular weight is 324 g/mol. The number of aromatic nitrogens is 2. The smallest absolute Gasteiger partial charge is 0.351 e. The largest absolute Gasteiger partial charge is 0.394 e. The second-order valence-corrected chi connectivity index (χ2v) is 3.77. The predicted molar refractivity (Wildman–Crippen MR) is 66.2 cm³/mol. The van der Waals surface area contributed by atoms with Gasteiger partial charge in [0, 0.05) is 6.20 Å². The van der Waals surface area contributed by atoms with Crippen LogP contribution < -0.4 is 11.4 Å². The predicted octanol–water partition coefficient (Wildman–Crippen LogP) is -1.99. The number of nitrogens with two attached hydrogens (primary N) is 1. The molecule has 0 saturated carbocycles. The summed E-state index contributed by atoms with van der Waals surface area (Å²) in [6.07, 6.45) is -3.27. The molecule has 0 radical (unpaired) electrons. The van der Waals surface area contributed by atoms with Gasteiger partial charge in [0.15, 0.2) is 6.23 Å². The van der Waals surface area contributed by atoms with Crippen molar-refractivity contribution in [2.75, 3.05) is 12.3 Å². The van der Waals surface area contributed by atoms with E-state index in [-0.39, 0.29) is 22.8 Å². The van der Waals surface area contributed by atoms with Crippen LogP contribution in [-0.2, 0) is 4.74 Å². The highest BCUT2D eigenvalue weighted by Crippen LogP contribution is 2.27. The van der Waals surface area contributed by atoms with E-state index >= 15 is 0 Å². The first kappa shape index (κ1) is 15.1. The van der Waals surface area contributed by atoms with E-state index in [1.54, 1.807) is 0 Å². The van der Waals surface area contributed by atoms with Crippen molar-refractivity contribution in [2.45, 2.75) is 24.5 Å². The van der Waals surface area contributed by atoms with Gasteiger partial charge in [0.2, 0.25) is 0 Å². The summed E-state index contributed by atoms with van der Waals surface area (Å²) in [5, 5.41) is 28.2. The number of anilines is 1. The molecule has 1 aliphatic rings. The molecule has 0 unspecified atom stereocenters. The third-order valence-electron chi connectivity index (χ3n) is 2.64. The number of hydrogen-bond donors (Lipinski definition) is 4. The van der Waals surface area contributed by atoms with E-state index in [2.05, 4.69) is 4.98 Å². The minimum Gasteiger partial charge on any atom is -0.394 e. The van der Waals surface area contributed by atoms with Crippen molar-refractivity contribution in [3.05, 3.63) is 22.7 Å². The van der Waals surface area contributed by atoms with Gasteiger partial charge in [-0.05, 0) is 6.07 Å². The van der Waals surface area contributed by atoms with Crippen LogP contribution in [0.25, 0.3) is 0 Å². The van der Waals surface area contributed by atoms with E-state index in [4.69, 9.17) is 15.6 Å². The van der Waals surface area contributed by atoms with Gasteiger partial charge in [-0.1, -0.05) is 0 Å². The van der Waals surface area contributed by atoms with Crippen LogP contribution in [0, 0.1) is 0 Å². The first-order valence-electron chi connectivity index (χ1n) is 5.01. The van der Waals surface area contributed by atoms with Crippen LogP contribution in [0.5, 0.6) is 0 Å². The number of ether oxygens (including phenoxy) is 1. The van der Waals surface area contributed by atoms with Gasteiger partial charge in [0.25, 0.3) is 0 Å². The van der Waals surface area contributed by atoms with E-state index in [0.29, 0.717) is 0 Å². The van der Waals surface area contributed by atoms with E-state index in [1.165, 1.54) is 12.3 Å². The molecule has 0 spiro atoms. The molecule has 4 atom stereocenters. The van der Waals surface area contributed by atoms with Crippen molar-refractivity contribution >= 4 is 22.8 Å². The summed E-state index contributed by atoms with van der Waals surface area (Å²) in [5.41, 5.74) is 4.63. The summed E-state index contributed by atoms with van der Waals surface area (Å²) in [6, 6.07) is 1.37. The molecular weight excluding hydrogens is 310 g/mol. The molecule has 2 rings (SSSR count). The standard InChI is InChI=1S/C9H13N3O5.BrH/c10-5-1-2-12(9(16)11-5)8-7(15)6(14)4(3-13)17-8;/h1-2,4,6-8,13-15H,3H2,(H2,10,11,16);1H/t4-,6-,7-,8-;/m1./s1. The van der Waals surface area contributed by atoms with Gasteiger partial charge < -0.3 is 25.8 Å². The van der Waals surface area contributed by atoms with E-state index < -0.39 is 36.8 Å². The third-order valence-corrected chi connectivity index (χ3v) is 2.64. The monoisotopic (exact) mass is 323 g/mol. The number of hydrogen-bond acceptors (Lipinski definition) is 7. The summed E-state index contributed by atoms with van der Waals surface area (Å²) in [7, 11) is 0. The van der Waals surface area contributed by atoms with Crippen LogP contribution >= 0.6 is 17.0 Å². The van der Waals surface area contributed by atoms with Crippen LogP contribution in [0.2, 0.25) is 0 Å². The zero-order valence-electron chi connectivity index (χ0n) is 9.21. The summed E-state index contributed by atoms with van der Waals surface area (Å²) in [6.45, 7) is -0.453. The lowest BCUT2D eigenvalue weighted by atomic mass is 10.1. The topological polar surface area (TPSA) is 131 Å². The molecule has 2 heterocycles. The van der Waals surface area contributed by atoms with Crippen molar-refractivity contribution in [3.63, 3.8) is 0 Å². The van der Waals surface area contributed by atoms with Gasteiger partial charge >= 0.3 is 5.69 Å². The number of nitrogens with zero attached hydrogens (tertiary/aromatic N) is 2. The Kier molecular flexibility index (Phi) is 4.82. The molecule has 0 aliphatic carbocycles. The number of aliphatic hydroxyl groups excluding tert-OH is 3. The van der Waals surface area contributed by atoms with Crippen molar-refractivity contribution in [1.82, 2.24) is 9.55 Å². The zero-order chi connectivity index (χ0) is 12.6. The quantitative estimate of drug-likeness (QED) is 0.495. The molecule has 1 aromatic rings. The van der Waals surface area contributed by atoms with Crippen LogP contribution in [0.4, 0.5) is 5.82 Å². The highest BCUT2D eigenvalue weighted by molar-refractivity contribution is 8.93. The molecule has 8 nitrogen and oxygen atoms in total. The second-order valence-electron chi connectivity index (χ2n) is 3.77. The Labute approximate surface area is 112 Å². The minimum atomic E-state index is -1.31. The third kappa shape index (κ3) is 2.54.